The van der Waals surface area contributed by atoms with Crippen LogP contribution in [0, 0.1) is 0 Å². The first-order valence-corrected chi connectivity index (χ1v) is 10.9. The van der Waals surface area contributed by atoms with E-state index in [4.69, 9.17) is 11.6 Å². The van der Waals surface area contributed by atoms with Gasteiger partial charge >= 0.3 is 0 Å². The molecule has 0 bridgehead atoms. The average Bonchev–Trinajstić information content (AvgIpc) is 2.74. The number of rotatable bonds is 7. The lowest BCUT2D eigenvalue weighted by Crippen LogP contribution is -2.38. The molecule has 1 unspecified atom stereocenters. The van der Waals surface area contributed by atoms with Crippen LogP contribution in [0.5, 0.6) is 0 Å². The summed E-state index contributed by atoms with van der Waals surface area (Å²) >= 11 is 5.82. The van der Waals surface area contributed by atoms with Crippen molar-refractivity contribution in [3.8, 4) is 0 Å². The molecule has 1 atom stereocenters. The molecular formula is C23H33ClIN5. The van der Waals surface area contributed by atoms with E-state index in [2.05, 4.69) is 56.7 Å². The van der Waals surface area contributed by atoms with Gasteiger partial charge in [-0.3, -0.25) is 9.89 Å². The first-order valence-electron chi connectivity index (χ1n) is 10.5. The Morgan fingerprint density at radius 2 is 1.83 bits per heavy atom. The highest BCUT2D eigenvalue weighted by molar-refractivity contribution is 14.0. The van der Waals surface area contributed by atoms with Gasteiger partial charge in [0.05, 0.1) is 0 Å². The maximum Gasteiger partial charge on any atom is 0.191 e. The van der Waals surface area contributed by atoms with Crippen molar-refractivity contribution in [2.75, 3.05) is 20.1 Å². The highest BCUT2D eigenvalue weighted by Crippen LogP contribution is 2.19. The second-order valence-electron chi connectivity index (χ2n) is 7.72. The minimum atomic E-state index is 0. The van der Waals surface area contributed by atoms with Crippen molar-refractivity contribution in [1.29, 1.82) is 0 Å². The molecule has 2 aromatic rings. The maximum atomic E-state index is 5.82. The molecule has 7 heteroatoms. The first-order chi connectivity index (χ1) is 14.1. The molecule has 5 nitrogen and oxygen atoms in total. The van der Waals surface area contributed by atoms with E-state index in [-0.39, 0.29) is 24.0 Å². The summed E-state index contributed by atoms with van der Waals surface area (Å²) in [7, 11) is 1.79. The minimum absolute atomic E-state index is 0. The highest BCUT2D eigenvalue weighted by atomic mass is 127. The van der Waals surface area contributed by atoms with Crippen molar-refractivity contribution in [2.24, 2.45) is 4.99 Å². The molecule has 0 saturated carbocycles. The molecular weight excluding hydrogens is 509 g/mol. The molecule has 1 fully saturated rings. The van der Waals surface area contributed by atoms with Gasteiger partial charge < -0.3 is 10.6 Å². The topological polar surface area (TPSA) is 52.6 Å². The number of nitrogens with one attached hydrogen (secondary N) is 2. The van der Waals surface area contributed by atoms with Crippen molar-refractivity contribution in [3.63, 3.8) is 0 Å². The van der Waals surface area contributed by atoms with Crippen LogP contribution in [0.15, 0.2) is 47.6 Å². The standard InChI is InChI=1S/C23H32ClN5.HI/c1-18-5-3-4-14-29(18)17-21-8-6-19(7-9-21)16-28-23(25-2)26-13-12-20-10-11-22(24)27-15-20;/h6-11,15,18H,3-5,12-14,16-17H2,1-2H3,(H2,25,26,28);1H. The number of guanidine groups is 1. The SMILES string of the molecule is CN=C(NCCc1ccc(Cl)nc1)NCc1ccc(CN2CCCCC2C)cc1.I. The molecule has 164 valence electrons. The number of aromatic nitrogens is 1. The summed E-state index contributed by atoms with van der Waals surface area (Å²) in [6.45, 7) is 6.16. The van der Waals surface area contributed by atoms with Crippen LogP contribution in [0.25, 0.3) is 0 Å². The summed E-state index contributed by atoms with van der Waals surface area (Å²) in [4.78, 5) is 11.0. The van der Waals surface area contributed by atoms with Crippen LogP contribution in [0.1, 0.15) is 42.9 Å². The van der Waals surface area contributed by atoms with Crippen LogP contribution in [-0.2, 0) is 19.5 Å². The zero-order valence-electron chi connectivity index (χ0n) is 17.9. The third-order valence-electron chi connectivity index (χ3n) is 5.53. The number of hydrogen-bond donors (Lipinski definition) is 2. The zero-order chi connectivity index (χ0) is 20.5. The van der Waals surface area contributed by atoms with Crippen LogP contribution in [0.2, 0.25) is 5.15 Å². The smallest absolute Gasteiger partial charge is 0.191 e. The lowest BCUT2D eigenvalue weighted by Gasteiger charge is -2.33. The molecule has 3 rings (SSSR count). The van der Waals surface area contributed by atoms with Crippen molar-refractivity contribution in [2.45, 2.75) is 51.7 Å². The lowest BCUT2D eigenvalue weighted by molar-refractivity contribution is 0.152. The van der Waals surface area contributed by atoms with E-state index in [1.807, 2.05) is 18.3 Å². The van der Waals surface area contributed by atoms with E-state index in [9.17, 15) is 0 Å². The van der Waals surface area contributed by atoms with Gasteiger partial charge in [-0.25, -0.2) is 4.98 Å². The number of pyridine rings is 1. The quantitative estimate of drug-likeness (QED) is 0.232. The monoisotopic (exact) mass is 541 g/mol. The molecule has 1 aromatic heterocycles. The van der Waals surface area contributed by atoms with Crippen LogP contribution in [-0.4, -0.2) is 42.0 Å². The molecule has 2 N–H and O–H groups in total. The normalized spacial score (nSPS) is 17.3. The minimum Gasteiger partial charge on any atom is -0.356 e. The number of likely N-dealkylation sites (tertiary alicyclic amines) is 1. The van der Waals surface area contributed by atoms with E-state index in [0.29, 0.717) is 11.2 Å². The maximum absolute atomic E-state index is 5.82. The Hall–Kier alpha value is -1.38. The predicted octanol–water partition coefficient (Wildman–Crippen LogP) is 4.64. The van der Waals surface area contributed by atoms with Gasteiger partial charge in [-0.05, 0) is 55.5 Å². The van der Waals surface area contributed by atoms with Crippen LogP contribution >= 0.6 is 35.6 Å². The molecule has 30 heavy (non-hydrogen) atoms. The Kier molecular flexibility index (Phi) is 10.9. The Labute approximate surface area is 202 Å². The largest absolute Gasteiger partial charge is 0.356 e. The molecule has 0 amide bonds. The van der Waals surface area contributed by atoms with E-state index in [1.165, 1.54) is 36.9 Å². The number of piperidine rings is 1. The summed E-state index contributed by atoms with van der Waals surface area (Å²) < 4.78 is 0. The Balaban J connectivity index is 0.00000320. The fourth-order valence-electron chi connectivity index (χ4n) is 3.68. The van der Waals surface area contributed by atoms with Gasteiger partial charge in [-0.2, -0.15) is 0 Å². The van der Waals surface area contributed by atoms with Crippen molar-refractivity contribution >= 4 is 41.5 Å². The van der Waals surface area contributed by atoms with E-state index in [1.54, 1.807) is 7.05 Å². The van der Waals surface area contributed by atoms with Gasteiger partial charge in [0.15, 0.2) is 5.96 Å². The molecule has 1 aliphatic rings. The second kappa shape index (κ2) is 13.1. The molecule has 0 aliphatic carbocycles. The summed E-state index contributed by atoms with van der Waals surface area (Å²) in [5.41, 5.74) is 3.79. The molecule has 0 radical (unpaired) electrons. The number of hydrogen-bond acceptors (Lipinski definition) is 3. The van der Waals surface area contributed by atoms with E-state index in [0.717, 1.165) is 37.6 Å². The van der Waals surface area contributed by atoms with Crippen LogP contribution < -0.4 is 10.6 Å². The number of benzene rings is 1. The molecule has 2 heterocycles. The molecule has 1 saturated heterocycles. The fraction of sp³-hybridized carbons (Fsp3) is 0.478. The van der Waals surface area contributed by atoms with E-state index < -0.39 is 0 Å². The van der Waals surface area contributed by atoms with Gasteiger partial charge in [0.25, 0.3) is 0 Å². The van der Waals surface area contributed by atoms with Gasteiger partial charge in [-0.1, -0.05) is 48.4 Å². The summed E-state index contributed by atoms with van der Waals surface area (Å²) in [5, 5.41) is 7.25. The predicted molar refractivity (Wildman–Crippen MR) is 137 cm³/mol. The van der Waals surface area contributed by atoms with Crippen molar-refractivity contribution in [1.82, 2.24) is 20.5 Å². The van der Waals surface area contributed by atoms with Crippen molar-refractivity contribution < 1.29 is 0 Å². The third-order valence-corrected chi connectivity index (χ3v) is 5.75. The van der Waals surface area contributed by atoms with Gasteiger partial charge in [-0.15, -0.1) is 24.0 Å². The van der Waals surface area contributed by atoms with Crippen molar-refractivity contribution in [3.05, 3.63) is 64.4 Å². The summed E-state index contributed by atoms with van der Waals surface area (Å²) in [6.07, 6.45) is 6.70. The number of nitrogens with zero attached hydrogens (tertiary/aromatic N) is 3. The summed E-state index contributed by atoms with van der Waals surface area (Å²) in [5.74, 6) is 0.804. The van der Waals surface area contributed by atoms with Gasteiger partial charge in [0.2, 0.25) is 0 Å². The van der Waals surface area contributed by atoms with Gasteiger partial charge in [0.1, 0.15) is 5.15 Å². The number of aliphatic imine (C=N–C) groups is 1. The molecule has 1 aliphatic heterocycles. The molecule has 1 aromatic carbocycles. The zero-order valence-corrected chi connectivity index (χ0v) is 21.0. The lowest BCUT2D eigenvalue weighted by atomic mass is 10.0. The first kappa shape index (κ1) is 24.9. The molecule has 0 spiro atoms. The number of halogens is 2. The Morgan fingerprint density at radius 1 is 1.10 bits per heavy atom. The van der Waals surface area contributed by atoms with Crippen LogP contribution in [0.4, 0.5) is 0 Å². The Bertz CT molecular complexity index is 779. The fourth-order valence-corrected chi connectivity index (χ4v) is 3.79. The van der Waals surface area contributed by atoms with Gasteiger partial charge in [0, 0.05) is 38.9 Å². The van der Waals surface area contributed by atoms with E-state index >= 15 is 0 Å². The second-order valence-corrected chi connectivity index (χ2v) is 8.11. The third kappa shape index (κ3) is 8.04. The Morgan fingerprint density at radius 3 is 2.50 bits per heavy atom. The van der Waals surface area contributed by atoms with Crippen LogP contribution in [0.3, 0.4) is 0 Å². The highest BCUT2D eigenvalue weighted by Gasteiger charge is 2.17. The average molecular weight is 542 g/mol. The summed E-state index contributed by atoms with van der Waals surface area (Å²) in [6, 6.07) is 13.4.